The number of benzene rings is 3. The van der Waals surface area contributed by atoms with E-state index in [4.69, 9.17) is 0 Å². The molecule has 3 aromatic rings. The number of carbonyl (C=O) groups excluding carboxylic acids is 2. The molecular weight excluding hydrogens is 534 g/mol. The van der Waals surface area contributed by atoms with E-state index in [0.717, 1.165) is 39.4 Å². The topological polar surface area (TPSA) is 86.8 Å². The number of rotatable bonds is 13. The van der Waals surface area contributed by atoms with Crippen molar-refractivity contribution in [1.82, 2.24) is 10.2 Å². The maximum atomic E-state index is 14.0. The Morgan fingerprint density at radius 2 is 1.39 bits per heavy atom. The van der Waals surface area contributed by atoms with Gasteiger partial charge in [0.2, 0.25) is 11.8 Å². The predicted octanol–water partition coefficient (Wildman–Crippen LogP) is 5.96. The van der Waals surface area contributed by atoms with Gasteiger partial charge in [0.05, 0.1) is 10.6 Å². The molecule has 220 valence electrons. The summed E-state index contributed by atoms with van der Waals surface area (Å²) in [5, 5.41) is 2.91. The summed E-state index contributed by atoms with van der Waals surface area (Å²) in [6, 6.07) is 20.8. The molecule has 0 fully saturated rings. The lowest BCUT2D eigenvalue weighted by Crippen LogP contribution is -2.51. The molecule has 0 saturated carbocycles. The lowest BCUT2D eigenvalue weighted by atomic mass is 10.0. The van der Waals surface area contributed by atoms with Crippen LogP contribution in [0.5, 0.6) is 0 Å². The highest BCUT2D eigenvalue weighted by Gasteiger charge is 2.32. The first kappa shape index (κ1) is 31.9. The molecule has 0 aliphatic carbocycles. The Morgan fingerprint density at radius 1 is 0.829 bits per heavy atom. The van der Waals surface area contributed by atoms with Gasteiger partial charge >= 0.3 is 0 Å². The molecule has 1 atom stereocenters. The number of nitrogens with one attached hydrogen (secondary N) is 1. The van der Waals surface area contributed by atoms with Crippen molar-refractivity contribution >= 4 is 27.5 Å². The predicted molar refractivity (Wildman–Crippen MR) is 165 cm³/mol. The van der Waals surface area contributed by atoms with Crippen LogP contribution in [0.3, 0.4) is 0 Å². The molecule has 0 radical (unpaired) electrons. The summed E-state index contributed by atoms with van der Waals surface area (Å²) in [7, 11) is -4.09. The Morgan fingerprint density at radius 3 is 1.93 bits per heavy atom. The fraction of sp³-hybridized carbons (Fsp3) is 0.394. The number of nitrogens with zero attached hydrogens (tertiary/aromatic N) is 2. The van der Waals surface area contributed by atoms with Crippen molar-refractivity contribution in [3.8, 4) is 0 Å². The summed E-state index contributed by atoms with van der Waals surface area (Å²) in [6.45, 7) is 12.0. The zero-order chi connectivity index (χ0) is 30.2. The first-order valence-corrected chi connectivity index (χ1v) is 15.7. The monoisotopic (exact) mass is 577 g/mol. The summed E-state index contributed by atoms with van der Waals surface area (Å²) in [5.41, 5.74) is 4.31. The van der Waals surface area contributed by atoms with Crippen LogP contribution in [0.25, 0.3) is 0 Å². The summed E-state index contributed by atoms with van der Waals surface area (Å²) in [4.78, 5) is 28.7. The van der Waals surface area contributed by atoms with E-state index >= 15 is 0 Å². The number of unbranched alkanes of at least 4 members (excludes halogenated alkanes) is 1. The Labute approximate surface area is 245 Å². The number of aryl methyl sites for hydroxylation is 2. The summed E-state index contributed by atoms with van der Waals surface area (Å²) >= 11 is 0. The Kier molecular flexibility index (Phi) is 11.1. The van der Waals surface area contributed by atoms with Gasteiger partial charge in [0.1, 0.15) is 12.6 Å². The third-order valence-corrected chi connectivity index (χ3v) is 8.99. The van der Waals surface area contributed by atoms with E-state index in [9.17, 15) is 18.0 Å². The number of carbonyl (C=O) groups is 2. The van der Waals surface area contributed by atoms with Crippen molar-refractivity contribution in [2.75, 3.05) is 17.4 Å². The third kappa shape index (κ3) is 8.43. The van der Waals surface area contributed by atoms with Gasteiger partial charge in [0.25, 0.3) is 10.0 Å². The molecule has 0 aliphatic rings. The van der Waals surface area contributed by atoms with Gasteiger partial charge in [-0.25, -0.2) is 8.42 Å². The standard InChI is InChI=1S/C33H43N3O4S/c1-7-8-21-34-33(38)27(6)35(22-28-13-9-25(4)10-14-28)32(37)23-36(30-17-15-29(16-18-30)24(2)3)41(39,40)31-19-11-26(5)12-20-31/h9-20,24,27H,7-8,21-23H2,1-6H3,(H,34,38)/t27-/m0/s1. The molecule has 2 amide bonds. The molecule has 0 aliphatic heterocycles. The van der Waals surface area contributed by atoms with Crippen molar-refractivity contribution < 1.29 is 18.0 Å². The molecule has 3 rings (SSSR count). The van der Waals surface area contributed by atoms with Crippen LogP contribution in [0.2, 0.25) is 0 Å². The quantitative estimate of drug-likeness (QED) is 0.254. The van der Waals surface area contributed by atoms with Crippen LogP contribution in [0.15, 0.2) is 77.7 Å². The van der Waals surface area contributed by atoms with Gasteiger partial charge in [-0.05, 0) is 68.5 Å². The van der Waals surface area contributed by atoms with Crippen LogP contribution in [-0.4, -0.2) is 44.3 Å². The molecule has 8 heteroatoms. The molecule has 3 aromatic carbocycles. The average Bonchev–Trinajstić information content (AvgIpc) is 2.95. The number of hydrogen-bond donors (Lipinski definition) is 1. The minimum Gasteiger partial charge on any atom is -0.354 e. The maximum Gasteiger partial charge on any atom is 0.264 e. The highest BCUT2D eigenvalue weighted by atomic mass is 32.2. The summed E-state index contributed by atoms with van der Waals surface area (Å²) in [6.07, 6.45) is 1.77. The second kappa shape index (κ2) is 14.3. The molecule has 0 aromatic heterocycles. The molecule has 1 N–H and O–H groups in total. The van der Waals surface area contributed by atoms with Gasteiger partial charge in [-0.2, -0.15) is 0 Å². The number of anilines is 1. The van der Waals surface area contributed by atoms with E-state index in [1.807, 2.05) is 57.2 Å². The van der Waals surface area contributed by atoms with Crippen molar-refractivity contribution in [3.63, 3.8) is 0 Å². The number of sulfonamides is 1. The number of amides is 2. The molecule has 0 spiro atoms. The smallest absolute Gasteiger partial charge is 0.264 e. The van der Waals surface area contributed by atoms with Crippen LogP contribution < -0.4 is 9.62 Å². The molecule has 0 unspecified atom stereocenters. The fourth-order valence-corrected chi connectivity index (χ4v) is 5.81. The van der Waals surface area contributed by atoms with E-state index in [2.05, 4.69) is 19.2 Å². The molecule has 0 heterocycles. The van der Waals surface area contributed by atoms with Crippen molar-refractivity contribution in [3.05, 3.63) is 95.1 Å². The minimum absolute atomic E-state index is 0.0966. The largest absolute Gasteiger partial charge is 0.354 e. The first-order chi connectivity index (χ1) is 19.4. The van der Waals surface area contributed by atoms with Gasteiger partial charge in [0.15, 0.2) is 0 Å². The zero-order valence-electron chi connectivity index (χ0n) is 25.1. The molecular formula is C33H43N3O4S. The van der Waals surface area contributed by atoms with Gasteiger partial charge in [-0.3, -0.25) is 13.9 Å². The fourth-order valence-electron chi connectivity index (χ4n) is 4.40. The van der Waals surface area contributed by atoms with Crippen molar-refractivity contribution in [2.24, 2.45) is 0 Å². The van der Waals surface area contributed by atoms with Crippen LogP contribution in [0.4, 0.5) is 5.69 Å². The molecule has 41 heavy (non-hydrogen) atoms. The second-order valence-electron chi connectivity index (χ2n) is 10.9. The summed E-state index contributed by atoms with van der Waals surface area (Å²) < 4.78 is 29.1. The highest BCUT2D eigenvalue weighted by molar-refractivity contribution is 7.92. The van der Waals surface area contributed by atoms with E-state index in [1.165, 1.54) is 4.90 Å². The SMILES string of the molecule is CCCCNC(=O)[C@H](C)N(Cc1ccc(C)cc1)C(=O)CN(c1ccc(C(C)C)cc1)S(=O)(=O)c1ccc(C)cc1. The van der Waals surface area contributed by atoms with Crippen molar-refractivity contribution in [2.45, 2.75) is 77.8 Å². The van der Waals surface area contributed by atoms with Gasteiger partial charge in [0, 0.05) is 13.1 Å². The van der Waals surface area contributed by atoms with E-state index in [-0.39, 0.29) is 23.3 Å². The normalized spacial score (nSPS) is 12.2. The Bertz CT molecular complexity index is 1400. The molecule has 0 bridgehead atoms. The van der Waals surface area contributed by atoms with Gasteiger partial charge in [-0.1, -0.05) is 86.8 Å². The van der Waals surface area contributed by atoms with Crippen molar-refractivity contribution in [1.29, 1.82) is 0 Å². The second-order valence-corrected chi connectivity index (χ2v) is 12.8. The van der Waals surface area contributed by atoms with Crippen LogP contribution in [0, 0.1) is 13.8 Å². The van der Waals surface area contributed by atoms with Gasteiger partial charge < -0.3 is 10.2 Å². The van der Waals surface area contributed by atoms with E-state index < -0.39 is 28.5 Å². The van der Waals surface area contributed by atoms with Gasteiger partial charge in [-0.15, -0.1) is 0 Å². The maximum absolute atomic E-state index is 14.0. The Balaban J connectivity index is 2.01. The average molecular weight is 578 g/mol. The molecule has 0 saturated heterocycles. The Hall–Kier alpha value is -3.65. The summed E-state index contributed by atoms with van der Waals surface area (Å²) in [5.74, 6) is -0.467. The van der Waals surface area contributed by atoms with Crippen LogP contribution in [0.1, 0.15) is 68.7 Å². The highest BCUT2D eigenvalue weighted by Crippen LogP contribution is 2.27. The minimum atomic E-state index is -4.09. The number of hydrogen-bond acceptors (Lipinski definition) is 4. The third-order valence-electron chi connectivity index (χ3n) is 7.21. The van der Waals surface area contributed by atoms with E-state index in [1.54, 1.807) is 43.3 Å². The zero-order valence-corrected chi connectivity index (χ0v) is 25.9. The van der Waals surface area contributed by atoms with E-state index in [0.29, 0.717) is 12.2 Å². The lowest BCUT2D eigenvalue weighted by molar-refractivity contribution is -0.139. The first-order valence-electron chi connectivity index (χ1n) is 14.3. The van der Waals surface area contributed by atoms with Crippen LogP contribution in [-0.2, 0) is 26.2 Å². The van der Waals surface area contributed by atoms with Crippen LogP contribution >= 0.6 is 0 Å². The lowest BCUT2D eigenvalue weighted by Gasteiger charge is -2.32. The molecule has 7 nitrogen and oxygen atoms in total.